The maximum absolute atomic E-state index is 14.3. The van der Waals surface area contributed by atoms with Gasteiger partial charge in [0.1, 0.15) is 24.1 Å². The van der Waals surface area contributed by atoms with Crippen LogP contribution < -0.4 is 4.74 Å². The molecule has 0 amide bonds. The Hall–Kier alpha value is -2.83. The molecular formula is C16H12F2N4O. The van der Waals surface area contributed by atoms with Crippen LogP contribution in [0, 0.1) is 18.6 Å². The molecule has 3 aromatic rings. The first-order chi connectivity index (χ1) is 11.1. The van der Waals surface area contributed by atoms with E-state index in [2.05, 4.69) is 15.2 Å². The predicted octanol–water partition coefficient (Wildman–Crippen LogP) is 2.91. The van der Waals surface area contributed by atoms with E-state index in [-0.39, 0.29) is 6.61 Å². The van der Waals surface area contributed by atoms with Crippen LogP contribution in [0.15, 0.2) is 36.5 Å². The van der Waals surface area contributed by atoms with Crippen molar-refractivity contribution in [3.05, 3.63) is 59.6 Å². The van der Waals surface area contributed by atoms with E-state index in [1.54, 1.807) is 23.8 Å². The molecule has 0 bridgehead atoms. The van der Waals surface area contributed by atoms with Crippen molar-refractivity contribution in [1.82, 2.24) is 19.7 Å². The number of rotatable bonds is 1. The Morgan fingerprint density at radius 3 is 2.91 bits per heavy atom. The van der Waals surface area contributed by atoms with Crippen LogP contribution in [0.2, 0.25) is 0 Å². The van der Waals surface area contributed by atoms with Crippen molar-refractivity contribution in [3.8, 4) is 17.3 Å². The van der Waals surface area contributed by atoms with Gasteiger partial charge >= 0.3 is 0 Å². The fraction of sp³-hybridized carbons (Fsp3) is 0.188. The third kappa shape index (κ3) is 2.16. The molecule has 0 fully saturated rings. The van der Waals surface area contributed by atoms with E-state index >= 15 is 0 Å². The van der Waals surface area contributed by atoms with Gasteiger partial charge in [0.25, 0.3) is 0 Å². The highest BCUT2D eigenvalue weighted by Crippen LogP contribution is 2.35. The van der Waals surface area contributed by atoms with Crippen LogP contribution in [0.3, 0.4) is 0 Å². The standard InChI is InChI=1S/C16H12F2N4O/c1-9-20-21-15-12-3-2-6-19-16(12)23-8-14(22(9)15)11-5-4-10(17)7-13(11)18/h2-7,14H,8H2,1H3/t14-/m0/s1. The van der Waals surface area contributed by atoms with Gasteiger partial charge in [-0.2, -0.15) is 0 Å². The smallest absolute Gasteiger partial charge is 0.224 e. The summed E-state index contributed by atoms with van der Waals surface area (Å²) in [5.41, 5.74) is 1.02. The van der Waals surface area contributed by atoms with Gasteiger partial charge in [-0.1, -0.05) is 6.07 Å². The van der Waals surface area contributed by atoms with Crippen molar-refractivity contribution in [2.45, 2.75) is 13.0 Å². The van der Waals surface area contributed by atoms with E-state index in [4.69, 9.17) is 4.74 Å². The Bertz CT molecular complexity index is 894. The van der Waals surface area contributed by atoms with Gasteiger partial charge in [-0.25, -0.2) is 13.8 Å². The Balaban J connectivity index is 1.92. The van der Waals surface area contributed by atoms with Crippen molar-refractivity contribution in [2.24, 2.45) is 0 Å². The first-order valence-corrected chi connectivity index (χ1v) is 7.10. The zero-order chi connectivity index (χ0) is 16.0. The van der Waals surface area contributed by atoms with Gasteiger partial charge in [0, 0.05) is 17.8 Å². The first kappa shape index (κ1) is 13.8. The Labute approximate surface area is 130 Å². The van der Waals surface area contributed by atoms with E-state index in [0.717, 1.165) is 6.07 Å². The molecule has 1 aliphatic rings. The lowest BCUT2D eigenvalue weighted by atomic mass is 10.1. The average molecular weight is 314 g/mol. The molecule has 0 N–H and O–H groups in total. The van der Waals surface area contributed by atoms with Crippen LogP contribution in [-0.4, -0.2) is 26.4 Å². The van der Waals surface area contributed by atoms with Gasteiger partial charge in [0.15, 0.2) is 5.82 Å². The van der Waals surface area contributed by atoms with Crippen LogP contribution in [0.25, 0.3) is 11.4 Å². The van der Waals surface area contributed by atoms with E-state index in [0.29, 0.717) is 28.7 Å². The molecule has 4 rings (SSSR count). The van der Waals surface area contributed by atoms with Crippen LogP contribution in [0.4, 0.5) is 8.78 Å². The topological polar surface area (TPSA) is 52.8 Å². The molecule has 0 saturated heterocycles. The zero-order valence-corrected chi connectivity index (χ0v) is 12.2. The molecule has 5 nitrogen and oxygen atoms in total. The van der Waals surface area contributed by atoms with Gasteiger partial charge in [-0.3, -0.25) is 4.57 Å². The van der Waals surface area contributed by atoms with E-state index in [9.17, 15) is 8.78 Å². The second kappa shape index (κ2) is 5.12. The number of aryl methyl sites for hydroxylation is 1. The maximum Gasteiger partial charge on any atom is 0.224 e. The van der Waals surface area contributed by atoms with Crippen molar-refractivity contribution >= 4 is 0 Å². The molecule has 0 aliphatic carbocycles. The lowest BCUT2D eigenvalue weighted by Crippen LogP contribution is -2.20. The minimum atomic E-state index is -0.628. The number of benzene rings is 1. The van der Waals surface area contributed by atoms with Crippen LogP contribution in [-0.2, 0) is 0 Å². The number of pyridine rings is 1. The number of hydrogen-bond donors (Lipinski definition) is 0. The third-order valence-electron chi connectivity index (χ3n) is 3.89. The number of nitrogens with zero attached hydrogens (tertiary/aromatic N) is 4. The average Bonchev–Trinajstić information content (AvgIpc) is 2.83. The van der Waals surface area contributed by atoms with E-state index in [1.165, 1.54) is 12.1 Å². The molecular weight excluding hydrogens is 302 g/mol. The normalized spacial score (nSPS) is 16.2. The number of hydrogen-bond acceptors (Lipinski definition) is 4. The van der Waals surface area contributed by atoms with Crippen molar-refractivity contribution in [3.63, 3.8) is 0 Å². The molecule has 1 atom stereocenters. The van der Waals surface area contributed by atoms with Gasteiger partial charge in [0.2, 0.25) is 5.88 Å². The second-order valence-electron chi connectivity index (χ2n) is 5.29. The zero-order valence-electron chi connectivity index (χ0n) is 12.2. The van der Waals surface area contributed by atoms with E-state index in [1.807, 2.05) is 6.07 Å². The fourth-order valence-electron chi connectivity index (χ4n) is 2.84. The van der Waals surface area contributed by atoms with Gasteiger partial charge in [-0.15, -0.1) is 10.2 Å². The summed E-state index contributed by atoms with van der Waals surface area (Å²) in [6.07, 6.45) is 1.62. The van der Waals surface area contributed by atoms with Crippen molar-refractivity contribution < 1.29 is 13.5 Å². The molecule has 0 spiro atoms. The lowest BCUT2D eigenvalue weighted by Gasteiger charge is -2.19. The molecule has 0 unspecified atom stereocenters. The summed E-state index contributed by atoms with van der Waals surface area (Å²) in [5, 5.41) is 8.27. The Kier molecular flexibility index (Phi) is 3.07. The molecule has 0 saturated carbocycles. The number of halogens is 2. The van der Waals surface area contributed by atoms with Crippen molar-refractivity contribution in [2.75, 3.05) is 6.61 Å². The van der Waals surface area contributed by atoms with Gasteiger partial charge in [-0.05, 0) is 25.1 Å². The molecule has 1 aliphatic heterocycles. The predicted molar refractivity (Wildman–Crippen MR) is 78.0 cm³/mol. The van der Waals surface area contributed by atoms with E-state index < -0.39 is 17.7 Å². The second-order valence-corrected chi connectivity index (χ2v) is 5.29. The van der Waals surface area contributed by atoms with Crippen LogP contribution in [0.5, 0.6) is 5.88 Å². The summed E-state index contributed by atoms with van der Waals surface area (Å²) < 4.78 is 35.0. The SMILES string of the molecule is Cc1nnc2n1[C@H](c1ccc(F)cc1F)COc1ncccc1-2. The molecule has 3 heterocycles. The minimum Gasteiger partial charge on any atom is -0.475 e. The summed E-state index contributed by atoms with van der Waals surface area (Å²) >= 11 is 0. The largest absolute Gasteiger partial charge is 0.475 e. The highest BCUT2D eigenvalue weighted by molar-refractivity contribution is 5.62. The Morgan fingerprint density at radius 1 is 1.22 bits per heavy atom. The van der Waals surface area contributed by atoms with Gasteiger partial charge in [0.05, 0.1) is 11.6 Å². The number of fused-ring (bicyclic) bond motifs is 3. The fourth-order valence-corrected chi connectivity index (χ4v) is 2.84. The van der Waals surface area contributed by atoms with Crippen molar-refractivity contribution in [1.29, 1.82) is 0 Å². The van der Waals surface area contributed by atoms with Gasteiger partial charge < -0.3 is 4.74 Å². The number of aromatic nitrogens is 4. The monoisotopic (exact) mass is 314 g/mol. The number of ether oxygens (including phenoxy) is 1. The molecule has 1 aromatic carbocycles. The summed E-state index contributed by atoms with van der Waals surface area (Å²) in [6, 6.07) is 6.61. The maximum atomic E-state index is 14.3. The van der Waals surface area contributed by atoms with Crippen LogP contribution >= 0.6 is 0 Å². The molecule has 2 aromatic heterocycles. The lowest BCUT2D eigenvalue weighted by molar-refractivity contribution is 0.266. The highest BCUT2D eigenvalue weighted by Gasteiger charge is 2.29. The summed E-state index contributed by atoms with van der Waals surface area (Å²) in [7, 11) is 0. The molecule has 116 valence electrons. The third-order valence-corrected chi connectivity index (χ3v) is 3.89. The summed E-state index contributed by atoms with van der Waals surface area (Å²) in [4.78, 5) is 4.19. The quantitative estimate of drug-likeness (QED) is 0.693. The summed E-state index contributed by atoms with van der Waals surface area (Å²) in [5.74, 6) is 0.347. The first-order valence-electron chi connectivity index (χ1n) is 7.10. The van der Waals surface area contributed by atoms with Crippen LogP contribution in [0.1, 0.15) is 17.4 Å². The molecule has 7 heteroatoms. The minimum absolute atomic E-state index is 0.151. The molecule has 23 heavy (non-hydrogen) atoms. The summed E-state index contributed by atoms with van der Waals surface area (Å²) in [6.45, 7) is 1.94. The molecule has 0 radical (unpaired) electrons. The Morgan fingerprint density at radius 2 is 2.09 bits per heavy atom. The highest BCUT2D eigenvalue weighted by atomic mass is 19.1.